The van der Waals surface area contributed by atoms with E-state index in [0.29, 0.717) is 12.0 Å². The Balaban J connectivity index is 2.55. The summed E-state index contributed by atoms with van der Waals surface area (Å²) in [6, 6.07) is 6.68. The molecule has 102 valence electrons. The summed E-state index contributed by atoms with van der Waals surface area (Å²) < 4.78 is 0. The minimum atomic E-state index is 0.554. The van der Waals surface area contributed by atoms with Gasteiger partial charge in [0.25, 0.3) is 0 Å². The second kappa shape index (κ2) is 8.22. The Morgan fingerprint density at radius 2 is 2.11 bits per heavy atom. The van der Waals surface area contributed by atoms with Gasteiger partial charge in [-0.15, -0.1) is 0 Å². The molecule has 1 heterocycles. The van der Waals surface area contributed by atoms with Crippen molar-refractivity contribution in [3.05, 3.63) is 30.1 Å². The molecule has 18 heavy (non-hydrogen) atoms. The van der Waals surface area contributed by atoms with Gasteiger partial charge in [-0.05, 0) is 31.6 Å². The van der Waals surface area contributed by atoms with Crippen LogP contribution in [0.3, 0.4) is 0 Å². The molecule has 2 atom stereocenters. The summed E-state index contributed by atoms with van der Waals surface area (Å²) in [5.41, 5.74) is 1.15. The Morgan fingerprint density at radius 3 is 2.61 bits per heavy atom. The first-order valence-electron chi connectivity index (χ1n) is 7.00. The van der Waals surface area contributed by atoms with E-state index in [1.54, 1.807) is 0 Å². The highest BCUT2D eigenvalue weighted by Gasteiger charge is 2.17. The van der Waals surface area contributed by atoms with Gasteiger partial charge in [0, 0.05) is 25.3 Å². The van der Waals surface area contributed by atoms with Crippen molar-refractivity contribution in [3.8, 4) is 0 Å². The summed E-state index contributed by atoms with van der Waals surface area (Å²) in [6.45, 7) is 9.86. The molecule has 2 unspecified atom stereocenters. The summed E-state index contributed by atoms with van der Waals surface area (Å²) in [6.07, 6.45) is 3.08. The van der Waals surface area contributed by atoms with Crippen LogP contribution in [0.4, 0.5) is 0 Å². The van der Waals surface area contributed by atoms with Crippen molar-refractivity contribution in [2.24, 2.45) is 5.92 Å². The molecule has 0 aliphatic carbocycles. The summed E-state index contributed by atoms with van der Waals surface area (Å²) >= 11 is 0. The SMILES string of the molecule is CCC(C)C(CN(CC)Cc1ccccn1)NC. The zero-order valence-corrected chi connectivity index (χ0v) is 12.2. The summed E-state index contributed by atoms with van der Waals surface area (Å²) in [7, 11) is 2.06. The molecule has 0 bridgehead atoms. The molecule has 0 radical (unpaired) electrons. The molecule has 0 saturated heterocycles. The third-order valence-corrected chi connectivity index (χ3v) is 3.72. The molecule has 0 saturated carbocycles. The molecule has 1 rings (SSSR count). The van der Waals surface area contributed by atoms with Crippen molar-refractivity contribution in [2.45, 2.75) is 39.8 Å². The van der Waals surface area contributed by atoms with Crippen molar-refractivity contribution in [3.63, 3.8) is 0 Å². The normalized spacial score (nSPS) is 14.7. The molecule has 0 aromatic carbocycles. The van der Waals surface area contributed by atoms with E-state index in [4.69, 9.17) is 0 Å². The first kappa shape index (κ1) is 15.1. The van der Waals surface area contributed by atoms with Crippen LogP contribution >= 0.6 is 0 Å². The van der Waals surface area contributed by atoms with E-state index < -0.39 is 0 Å². The molecule has 3 heteroatoms. The van der Waals surface area contributed by atoms with E-state index in [-0.39, 0.29) is 0 Å². The van der Waals surface area contributed by atoms with Crippen molar-refractivity contribution >= 4 is 0 Å². The van der Waals surface area contributed by atoms with Crippen LogP contribution in [0.1, 0.15) is 32.9 Å². The lowest BCUT2D eigenvalue weighted by Gasteiger charge is -2.29. The molecule has 1 aromatic rings. The van der Waals surface area contributed by atoms with Crippen LogP contribution in [0.5, 0.6) is 0 Å². The van der Waals surface area contributed by atoms with Crippen LogP contribution in [0.25, 0.3) is 0 Å². The van der Waals surface area contributed by atoms with Crippen molar-refractivity contribution < 1.29 is 0 Å². The Bertz CT molecular complexity index is 313. The van der Waals surface area contributed by atoms with E-state index in [1.165, 1.54) is 6.42 Å². The van der Waals surface area contributed by atoms with E-state index in [1.807, 2.05) is 12.3 Å². The van der Waals surface area contributed by atoms with Crippen LogP contribution in [0.2, 0.25) is 0 Å². The number of likely N-dealkylation sites (N-methyl/N-ethyl adjacent to an activating group) is 2. The minimum absolute atomic E-state index is 0.554. The van der Waals surface area contributed by atoms with Gasteiger partial charge in [-0.2, -0.15) is 0 Å². The molecular weight excluding hydrogens is 222 g/mol. The topological polar surface area (TPSA) is 28.2 Å². The maximum absolute atomic E-state index is 4.40. The first-order chi connectivity index (χ1) is 8.71. The lowest BCUT2D eigenvalue weighted by atomic mass is 9.99. The number of aromatic nitrogens is 1. The summed E-state index contributed by atoms with van der Waals surface area (Å²) in [4.78, 5) is 6.86. The summed E-state index contributed by atoms with van der Waals surface area (Å²) in [5, 5.41) is 3.44. The smallest absolute Gasteiger partial charge is 0.0543 e. The fraction of sp³-hybridized carbons (Fsp3) is 0.667. The fourth-order valence-corrected chi connectivity index (χ4v) is 2.14. The highest BCUT2D eigenvalue weighted by Crippen LogP contribution is 2.10. The number of nitrogens with zero attached hydrogens (tertiary/aromatic N) is 2. The molecule has 0 aliphatic heterocycles. The second-order valence-corrected chi connectivity index (χ2v) is 4.93. The molecular formula is C15H27N3. The third-order valence-electron chi connectivity index (χ3n) is 3.72. The van der Waals surface area contributed by atoms with Gasteiger partial charge in [0.05, 0.1) is 5.69 Å². The second-order valence-electron chi connectivity index (χ2n) is 4.93. The minimum Gasteiger partial charge on any atom is -0.315 e. The van der Waals surface area contributed by atoms with Gasteiger partial charge in [0.1, 0.15) is 0 Å². The maximum atomic E-state index is 4.40. The van der Waals surface area contributed by atoms with Gasteiger partial charge in [0.2, 0.25) is 0 Å². The monoisotopic (exact) mass is 249 g/mol. The Kier molecular flexibility index (Phi) is 6.91. The number of hydrogen-bond acceptors (Lipinski definition) is 3. The molecule has 0 fully saturated rings. The van der Waals surface area contributed by atoms with E-state index in [2.05, 4.69) is 55.2 Å². The Morgan fingerprint density at radius 1 is 1.33 bits per heavy atom. The van der Waals surface area contributed by atoms with Gasteiger partial charge in [-0.1, -0.05) is 33.3 Å². The predicted octanol–water partition coefficient (Wildman–Crippen LogP) is 2.54. The van der Waals surface area contributed by atoms with Crippen LogP contribution in [0.15, 0.2) is 24.4 Å². The highest BCUT2D eigenvalue weighted by atomic mass is 15.1. The van der Waals surface area contributed by atoms with E-state index in [9.17, 15) is 0 Å². The molecule has 1 aromatic heterocycles. The van der Waals surface area contributed by atoms with Gasteiger partial charge >= 0.3 is 0 Å². The van der Waals surface area contributed by atoms with Gasteiger partial charge in [-0.25, -0.2) is 0 Å². The average molecular weight is 249 g/mol. The summed E-state index contributed by atoms with van der Waals surface area (Å²) in [5.74, 6) is 0.702. The molecule has 0 spiro atoms. The Labute approximate surface area is 112 Å². The number of pyridine rings is 1. The Hall–Kier alpha value is -0.930. The lowest BCUT2D eigenvalue weighted by Crippen LogP contribution is -2.43. The van der Waals surface area contributed by atoms with E-state index in [0.717, 1.165) is 25.3 Å². The quantitative estimate of drug-likeness (QED) is 0.767. The van der Waals surface area contributed by atoms with Crippen LogP contribution < -0.4 is 5.32 Å². The zero-order chi connectivity index (χ0) is 13.4. The maximum Gasteiger partial charge on any atom is 0.0543 e. The van der Waals surface area contributed by atoms with Crippen LogP contribution in [-0.4, -0.2) is 36.1 Å². The number of nitrogens with one attached hydrogen (secondary N) is 1. The predicted molar refractivity (Wildman–Crippen MR) is 77.5 cm³/mol. The van der Waals surface area contributed by atoms with Crippen molar-refractivity contribution in [1.29, 1.82) is 0 Å². The molecule has 3 nitrogen and oxygen atoms in total. The average Bonchev–Trinajstić information content (AvgIpc) is 2.43. The van der Waals surface area contributed by atoms with E-state index >= 15 is 0 Å². The first-order valence-corrected chi connectivity index (χ1v) is 7.00. The third kappa shape index (κ3) is 4.75. The number of rotatable bonds is 8. The molecule has 0 amide bonds. The number of hydrogen-bond donors (Lipinski definition) is 1. The zero-order valence-electron chi connectivity index (χ0n) is 12.2. The van der Waals surface area contributed by atoms with Crippen LogP contribution in [0, 0.1) is 5.92 Å². The molecule has 0 aliphatic rings. The largest absolute Gasteiger partial charge is 0.315 e. The van der Waals surface area contributed by atoms with Crippen molar-refractivity contribution in [2.75, 3.05) is 20.1 Å². The van der Waals surface area contributed by atoms with Gasteiger partial charge in [0.15, 0.2) is 0 Å². The molecule has 1 N–H and O–H groups in total. The van der Waals surface area contributed by atoms with Crippen molar-refractivity contribution in [1.82, 2.24) is 15.2 Å². The van der Waals surface area contributed by atoms with Gasteiger partial charge < -0.3 is 5.32 Å². The highest BCUT2D eigenvalue weighted by molar-refractivity contribution is 5.03. The van der Waals surface area contributed by atoms with Crippen LogP contribution in [-0.2, 0) is 6.54 Å². The standard InChI is InChI=1S/C15H27N3/c1-5-13(3)15(16-4)12-18(6-2)11-14-9-7-8-10-17-14/h7-10,13,15-16H,5-6,11-12H2,1-4H3. The van der Waals surface area contributed by atoms with Gasteiger partial charge in [-0.3, -0.25) is 9.88 Å². The fourth-order valence-electron chi connectivity index (χ4n) is 2.14. The lowest BCUT2D eigenvalue weighted by molar-refractivity contribution is 0.216.